The fourth-order valence-corrected chi connectivity index (χ4v) is 3.04. The average Bonchev–Trinajstić information content (AvgIpc) is 2.84. The first-order chi connectivity index (χ1) is 9.65. The number of benzene rings is 1. The summed E-state index contributed by atoms with van der Waals surface area (Å²) in [5, 5.41) is 13.7. The molecule has 21 heavy (non-hydrogen) atoms. The van der Waals surface area contributed by atoms with Crippen molar-refractivity contribution in [2.75, 3.05) is 5.32 Å². The molecule has 0 saturated heterocycles. The minimum Gasteiger partial charge on any atom is -1.00 e. The fourth-order valence-electron chi connectivity index (χ4n) is 2.03. The van der Waals surface area contributed by atoms with Crippen LogP contribution in [0.1, 0.15) is 17.6 Å². The number of aromatic nitrogens is 2. The summed E-state index contributed by atoms with van der Waals surface area (Å²) in [6.45, 7) is 4.03. The molecule has 3 rings (SSSR count). The zero-order valence-corrected chi connectivity index (χ0v) is 13.3. The maximum atomic E-state index is 9.32. The van der Waals surface area contributed by atoms with Gasteiger partial charge < -0.3 is 22.8 Å². The largest absolute Gasteiger partial charge is 1.00 e. The Bertz CT molecular complexity index is 755. The SMILES string of the molecule is CCc1cc2c(Nc3ccc(O)cc3)nc(C)nc2s1.[Cl-]. The molecule has 2 aromatic heterocycles. The first kappa shape index (κ1) is 15.5. The molecule has 0 aliphatic rings. The lowest BCUT2D eigenvalue weighted by molar-refractivity contribution is -0.00000525. The van der Waals surface area contributed by atoms with Crippen molar-refractivity contribution in [3.63, 3.8) is 0 Å². The molecule has 0 radical (unpaired) electrons. The zero-order chi connectivity index (χ0) is 14.1. The van der Waals surface area contributed by atoms with Crippen molar-refractivity contribution in [2.24, 2.45) is 0 Å². The van der Waals surface area contributed by atoms with Crippen LogP contribution in [0.15, 0.2) is 30.3 Å². The molecule has 2 heterocycles. The lowest BCUT2D eigenvalue weighted by atomic mass is 10.2. The number of phenols is 1. The molecular weight excluding hydrogens is 306 g/mol. The number of aromatic hydroxyl groups is 1. The molecule has 3 aromatic rings. The maximum Gasteiger partial charge on any atom is 0.142 e. The molecule has 110 valence electrons. The van der Waals surface area contributed by atoms with Gasteiger partial charge in [0.15, 0.2) is 0 Å². The second-order valence-corrected chi connectivity index (χ2v) is 5.69. The Labute approximate surface area is 133 Å². The number of fused-ring (bicyclic) bond motifs is 1. The highest BCUT2D eigenvalue weighted by Crippen LogP contribution is 2.31. The number of thiophene rings is 1. The molecule has 0 fully saturated rings. The van der Waals surface area contributed by atoms with Gasteiger partial charge in [-0.25, -0.2) is 9.97 Å². The van der Waals surface area contributed by atoms with E-state index in [2.05, 4.69) is 28.3 Å². The highest BCUT2D eigenvalue weighted by molar-refractivity contribution is 7.18. The van der Waals surface area contributed by atoms with Crippen LogP contribution < -0.4 is 17.7 Å². The van der Waals surface area contributed by atoms with Gasteiger partial charge in [-0.2, -0.15) is 0 Å². The van der Waals surface area contributed by atoms with Gasteiger partial charge in [0.05, 0.1) is 5.39 Å². The monoisotopic (exact) mass is 320 g/mol. The van der Waals surface area contributed by atoms with E-state index in [1.165, 1.54) is 4.88 Å². The third-order valence-electron chi connectivity index (χ3n) is 3.03. The van der Waals surface area contributed by atoms with Gasteiger partial charge in [0, 0.05) is 10.6 Å². The molecule has 4 nitrogen and oxygen atoms in total. The van der Waals surface area contributed by atoms with Gasteiger partial charge in [0.2, 0.25) is 0 Å². The Kier molecular flexibility index (Phi) is 4.65. The topological polar surface area (TPSA) is 58.0 Å². The molecule has 0 aliphatic heterocycles. The van der Waals surface area contributed by atoms with Crippen molar-refractivity contribution in [1.29, 1.82) is 0 Å². The Morgan fingerprint density at radius 3 is 2.57 bits per heavy atom. The lowest BCUT2D eigenvalue weighted by Gasteiger charge is -2.07. The standard InChI is InChI=1S/C15H15N3OS.ClH/c1-3-12-8-13-14(16-9(2)17-15(13)20-12)18-10-4-6-11(19)7-5-10;/h4-8,19H,3H2,1-2H3,(H,16,17,18);1H/p-1. The van der Waals surface area contributed by atoms with E-state index in [-0.39, 0.29) is 18.2 Å². The van der Waals surface area contributed by atoms with Crippen LogP contribution in [0.25, 0.3) is 10.2 Å². The fraction of sp³-hybridized carbons (Fsp3) is 0.200. The molecule has 0 atom stereocenters. The molecular formula is C15H15ClN3OS-. The maximum absolute atomic E-state index is 9.32. The molecule has 0 unspecified atom stereocenters. The number of halogens is 1. The zero-order valence-electron chi connectivity index (χ0n) is 11.7. The highest BCUT2D eigenvalue weighted by atomic mass is 35.5. The van der Waals surface area contributed by atoms with Gasteiger partial charge in [-0.3, -0.25) is 0 Å². The van der Waals surface area contributed by atoms with Crippen LogP contribution in [-0.2, 0) is 6.42 Å². The summed E-state index contributed by atoms with van der Waals surface area (Å²) in [5.74, 6) is 1.82. The highest BCUT2D eigenvalue weighted by Gasteiger charge is 2.10. The minimum absolute atomic E-state index is 0. The van der Waals surface area contributed by atoms with Gasteiger partial charge in [0.25, 0.3) is 0 Å². The molecule has 1 aromatic carbocycles. The van der Waals surface area contributed by atoms with Crippen molar-refractivity contribution in [3.05, 3.63) is 41.0 Å². The number of hydrogen-bond acceptors (Lipinski definition) is 5. The van der Waals surface area contributed by atoms with Crippen molar-refractivity contribution in [2.45, 2.75) is 20.3 Å². The van der Waals surface area contributed by atoms with E-state index in [0.717, 1.165) is 34.0 Å². The quantitative estimate of drug-likeness (QED) is 0.707. The normalized spacial score (nSPS) is 10.4. The minimum atomic E-state index is 0. The number of anilines is 2. The van der Waals surface area contributed by atoms with Gasteiger partial charge in [-0.05, 0) is 43.7 Å². The number of rotatable bonds is 3. The summed E-state index contributed by atoms with van der Waals surface area (Å²) in [6.07, 6.45) is 0.999. The number of nitrogens with one attached hydrogen (secondary N) is 1. The number of phenolic OH excluding ortho intramolecular Hbond substituents is 1. The lowest BCUT2D eigenvalue weighted by Crippen LogP contribution is -3.00. The van der Waals surface area contributed by atoms with Gasteiger partial charge in [0.1, 0.15) is 22.2 Å². The van der Waals surface area contributed by atoms with Gasteiger partial charge in [-0.15, -0.1) is 11.3 Å². The van der Waals surface area contributed by atoms with Crippen LogP contribution in [0.5, 0.6) is 5.75 Å². The van der Waals surface area contributed by atoms with Crippen molar-refractivity contribution >= 4 is 33.1 Å². The molecule has 6 heteroatoms. The van der Waals surface area contributed by atoms with Crippen LogP contribution in [0.2, 0.25) is 0 Å². The van der Waals surface area contributed by atoms with E-state index >= 15 is 0 Å². The predicted octanol–water partition coefficient (Wildman–Crippen LogP) is 1.02. The number of nitrogens with zero attached hydrogens (tertiary/aromatic N) is 2. The molecule has 0 aliphatic carbocycles. The smallest absolute Gasteiger partial charge is 0.142 e. The van der Waals surface area contributed by atoms with Gasteiger partial charge in [-0.1, -0.05) is 6.92 Å². The van der Waals surface area contributed by atoms with Crippen LogP contribution in [0.4, 0.5) is 11.5 Å². The van der Waals surface area contributed by atoms with E-state index in [9.17, 15) is 5.11 Å². The predicted molar refractivity (Wildman–Crippen MR) is 82.9 cm³/mol. The van der Waals surface area contributed by atoms with Crippen molar-refractivity contribution in [3.8, 4) is 5.75 Å². The number of hydrogen-bond donors (Lipinski definition) is 2. The Morgan fingerprint density at radius 1 is 1.19 bits per heavy atom. The Hall–Kier alpha value is -1.85. The van der Waals surface area contributed by atoms with E-state index in [1.54, 1.807) is 23.5 Å². The van der Waals surface area contributed by atoms with E-state index in [0.29, 0.717) is 0 Å². The van der Waals surface area contributed by atoms with Crippen LogP contribution in [0.3, 0.4) is 0 Å². The van der Waals surface area contributed by atoms with Crippen molar-refractivity contribution in [1.82, 2.24) is 9.97 Å². The van der Waals surface area contributed by atoms with Crippen LogP contribution in [0, 0.1) is 6.92 Å². The van der Waals surface area contributed by atoms with Crippen LogP contribution in [-0.4, -0.2) is 15.1 Å². The molecule has 0 amide bonds. The second-order valence-electron chi connectivity index (χ2n) is 4.58. The summed E-state index contributed by atoms with van der Waals surface area (Å²) in [5.41, 5.74) is 0.895. The van der Waals surface area contributed by atoms with E-state index in [4.69, 9.17) is 0 Å². The summed E-state index contributed by atoms with van der Waals surface area (Å²) >= 11 is 1.71. The second kappa shape index (κ2) is 6.28. The Morgan fingerprint density at radius 2 is 1.90 bits per heavy atom. The first-order valence-electron chi connectivity index (χ1n) is 6.49. The summed E-state index contributed by atoms with van der Waals surface area (Å²) in [4.78, 5) is 11.3. The average molecular weight is 321 g/mol. The molecule has 0 spiro atoms. The summed E-state index contributed by atoms with van der Waals surface area (Å²) < 4.78 is 0. The first-order valence-corrected chi connectivity index (χ1v) is 7.30. The van der Waals surface area contributed by atoms with Crippen molar-refractivity contribution < 1.29 is 17.5 Å². The van der Waals surface area contributed by atoms with E-state index in [1.807, 2.05) is 19.1 Å². The third kappa shape index (κ3) is 3.25. The third-order valence-corrected chi connectivity index (χ3v) is 4.21. The molecule has 0 saturated carbocycles. The summed E-state index contributed by atoms with van der Waals surface area (Å²) in [6, 6.07) is 9.09. The number of aryl methyl sites for hydroxylation is 2. The Balaban J connectivity index is 0.00000161. The van der Waals surface area contributed by atoms with Crippen LogP contribution >= 0.6 is 11.3 Å². The molecule has 0 bridgehead atoms. The summed E-state index contributed by atoms with van der Waals surface area (Å²) in [7, 11) is 0. The molecule has 2 N–H and O–H groups in total. The van der Waals surface area contributed by atoms with Gasteiger partial charge >= 0.3 is 0 Å². The van der Waals surface area contributed by atoms with E-state index < -0.39 is 0 Å².